The Hall–Kier alpha value is -1.95. The highest BCUT2D eigenvalue weighted by molar-refractivity contribution is 5.78. The third-order valence-corrected chi connectivity index (χ3v) is 4.20. The fourth-order valence-corrected chi connectivity index (χ4v) is 2.86. The number of carbonyl (C=O) groups is 1. The summed E-state index contributed by atoms with van der Waals surface area (Å²) in [5.41, 5.74) is 7.13. The first-order chi connectivity index (χ1) is 9.95. The number of hydrogen-bond acceptors (Lipinski definition) is 4. The SMILES string of the molecule is CCC(C)N1C(=O)CCC(N)C1c1ccc([N+](=O)[O-])cc1. The highest BCUT2D eigenvalue weighted by Crippen LogP contribution is 2.34. The minimum absolute atomic E-state index is 0.0459. The molecule has 0 aliphatic carbocycles. The topological polar surface area (TPSA) is 89.5 Å². The van der Waals surface area contributed by atoms with Gasteiger partial charge in [0.1, 0.15) is 0 Å². The number of amides is 1. The molecule has 3 unspecified atom stereocenters. The molecule has 0 radical (unpaired) electrons. The molecule has 1 aromatic rings. The summed E-state index contributed by atoms with van der Waals surface area (Å²) < 4.78 is 0. The van der Waals surface area contributed by atoms with E-state index in [9.17, 15) is 14.9 Å². The van der Waals surface area contributed by atoms with Crippen LogP contribution in [0.1, 0.15) is 44.7 Å². The number of nitro groups is 1. The Labute approximate surface area is 124 Å². The van der Waals surface area contributed by atoms with E-state index >= 15 is 0 Å². The lowest BCUT2D eigenvalue weighted by molar-refractivity contribution is -0.384. The van der Waals surface area contributed by atoms with Crippen LogP contribution in [0.2, 0.25) is 0 Å². The van der Waals surface area contributed by atoms with Gasteiger partial charge < -0.3 is 10.6 Å². The van der Waals surface area contributed by atoms with Gasteiger partial charge in [0.2, 0.25) is 5.91 Å². The normalized spacial score (nSPS) is 24.0. The lowest BCUT2D eigenvalue weighted by Gasteiger charge is -2.43. The van der Waals surface area contributed by atoms with E-state index in [-0.39, 0.29) is 29.7 Å². The molecule has 1 aliphatic heterocycles. The van der Waals surface area contributed by atoms with E-state index in [1.807, 2.05) is 18.7 Å². The summed E-state index contributed by atoms with van der Waals surface area (Å²) in [7, 11) is 0. The van der Waals surface area contributed by atoms with E-state index in [0.717, 1.165) is 12.0 Å². The molecule has 2 rings (SSSR count). The summed E-state index contributed by atoms with van der Waals surface area (Å²) in [4.78, 5) is 24.4. The van der Waals surface area contributed by atoms with E-state index < -0.39 is 4.92 Å². The minimum Gasteiger partial charge on any atom is -0.331 e. The van der Waals surface area contributed by atoms with Crippen LogP contribution in [0.5, 0.6) is 0 Å². The fraction of sp³-hybridized carbons (Fsp3) is 0.533. The average molecular weight is 291 g/mol. The van der Waals surface area contributed by atoms with Gasteiger partial charge in [0.15, 0.2) is 0 Å². The number of nitrogens with zero attached hydrogens (tertiary/aromatic N) is 2. The maximum atomic E-state index is 12.3. The van der Waals surface area contributed by atoms with Gasteiger partial charge in [-0.1, -0.05) is 19.1 Å². The second-order valence-electron chi connectivity index (χ2n) is 5.55. The summed E-state index contributed by atoms with van der Waals surface area (Å²) in [5.74, 6) is 0.106. The third-order valence-electron chi connectivity index (χ3n) is 4.20. The van der Waals surface area contributed by atoms with Gasteiger partial charge in [-0.2, -0.15) is 0 Å². The Balaban J connectivity index is 2.35. The van der Waals surface area contributed by atoms with Crippen LogP contribution in [-0.4, -0.2) is 27.8 Å². The molecule has 1 fully saturated rings. The Morgan fingerprint density at radius 2 is 2.05 bits per heavy atom. The molecule has 0 bridgehead atoms. The quantitative estimate of drug-likeness (QED) is 0.681. The lowest BCUT2D eigenvalue weighted by atomic mass is 9.89. The predicted octanol–water partition coefficient (Wildman–Crippen LogP) is 2.38. The molecular formula is C15H21N3O3. The standard InChI is InChI=1S/C15H21N3O3/c1-3-10(2)17-14(19)9-8-13(16)15(17)11-4-6-12(7-5-11)18(20)21/h4-7,10,13,15H,3,8-9,16H2,1-2H3. The highest BCUT2D eigenvalue weighted by Gasteiger charge is 2.37. The number of piperidine rings is 1. The van der Waals surface area contributed by atoms with Crippen molar-refractivity contribution in [2.24, 2.45) is 5.73 Å². The first-order valence-electron chi connectivity index (χ1n) is 7.26. The van der Waals surface area contributed by atoms with Crippen LogP contribution in [-0.2, 0) is 4.79 Å². The molecule has 2 N–H and O–H groups in total. The van der Waals surface area contributed by atoms with E-state index in [1.54, 1.807) is 12.1 Å². The van der Waals surface area contributed by atoms with Gasteiger partial charge in [-0.05, 0) is 25.3 Å². The van der Waals surface area contributed by atoms with Gasteiger partial charge >= 0.3 is 0 Å². The molecule has 1 amide bonds. The van der Waals surface area contributed by atoms with Crippen molar-refractivity contribution >= 4 is 11.6 Å². The van der Waals surface area contributed by atoms with E-state index in [2.05, 4.69) is 0 Å². The summed E-state index contributed by atoms with van der Waals surface area (Å²) in [5, 5.41) is 10.7. The molecular weight excluding hydrogens is 270 g/mol. The molecule has 6 nitrogen and oxygen atoms in total. The second-order valence-corrected chi connectivity index (χ2v) is 5.55. The molecule has 1 saturated heterocycles. The van der Waals surface area contributed by atoms with Crippen LogP contribution in [0, 0.1) is 10.1 Å². The minimum atomic E-state index is -0.428. The zero-order valence-electron chi connectivity index (χ0n) is 12.4. The average Bonchev–Trinajstić information content (AvgIpc) is 2.48. The van der Waals surface area contributed by atoms with Crippen LogP contribution < -0.4 is 5.73 Å². The number of rotatable bonds is 4. The molecule has 6 heteroatoms. The second kappa shape index (κ2) is 6.22. The zero-order valence-corrected chi connectivity index (χ0v) is 12.4. The molecule has 1 aliphatic rings. The smallest absolute Gasteiger partial charge is 0.269 e. The van der Waals surface area contributed by atoms with Gasteiger partial charge in [-0.25, -0.2) is 0 Å². The van der Waals surface area contributed by atoms with Crippen molar-refractivity contribution in [1.29, 1.82) is 0 Å². The van der Waals surface area contributed by atoms with Crippen LogP contribution in [0.25, 0.3) is 0 Å². The van der Waals surface area contributed by atoms with Crippen molar-refractivity contribution in [2.75, 3.05) is 0 Å². The number of hydrogen-bond donors (Lipinski definition) is 1. The number of benzene rings is 1. The van der Waals surface area contributed by atoms with E-state index in [1.165, 1.54) is 12.1 Å². The maximum absolute atomic E-state index is 12.3. The number of likely N-dealkylation sites (tertiary alicyclic amines) is 1. The van der Waals surface area contributed by atoms with Crippen molar-refractivity contribution in [1.82, 2.24) is 4.90 Å². The molecule has 114 valence electrons. The third kappa shape index (κ3) is 3.05. The monoisotopic (exact) mass is 291 g/mol. The van der Waals surface area contributed by atoms with Gasteiger partial charge in [0, 0.05) is 30.6 Å². The Bertz CT molecular complexity index is 529. The number of non-ortho nitro benzene ring substituents is 1. The number of carbonyl (C=O) groups excluding carboxylic acids is 1. The fourth-order valence-electron chi connectivity index (χ4n) is 2.86. The zero-order chi connectivity index (χ0) is 15.6. The van der Waals surface area contributed by atoms with E-state index in [4.69, 9.17) is 5.73 Å². The van der Waals surface area contributed by atoms with Gasteiger partial charge in [0.25, 0.3) is 5.69 Å². The van der Waals surface area contributed by atoms with Crippen molar-refractivity contribution in [3.8, 4) is 0 Å². The molecule has 1 aromatic carbocycles. The predicted molar refractivity (Wildman–Crippen MR) is 79.6 cm³/mol. The highest BCUT2D eigenvalue weighted by atomic mass is 16.6. The van der Waals surface area contributed by atoms with Crippen molar-refractivity contribution in [3.05, 3.63) is 39.9 Å². The van der Waals surface area contributed by atoms with Gasteiger partial charge in [0.05, 0.1) is 11.0 Å². The lowest BCUT2D eigenvalue weighted by Crippen LogP contribution is -2.52. The van der Waals surface area contributed by atoms with Crippen molar-refractivity contribution in [3.63, 3.8) is 0 Å². The Morgan fingerprint density at radius 1 is 1.43 bits per heavy atom. The molecule has 3 atom stereocenters. The molecule has 0 spiro atoms. The van der Waals surface area contributed by atoms with Crippen LogP contribution >= 0.6 is 0 Å². The van der Waals surface area contributed by atoms with Crippen molar-refractivity contribution in [2.45, 2.75) is 51.2 Å². The van der Waals surface area contributed by atoms with Crippen LogP contribution in [0.4, 0.5) is 5.69 Å². The summed E-state index contributed by atoms with van der Waals surface area (Å²) >= 11 is 0. The summed E-state index contributed by atoms with van der Waals surface area (Å²) in [6.45, 7) is 4.04. The number of nitrogens with two attached hydrogens (primary N) is 1. The largest absolute Gasteiger partial charge is 0.331 e. The van der Waals surface area contributed by atoms with Crippen LogP contribution in [0.3, 0.4) is 0 Å². The maximum Gasteiger partial charge on any atom is 0.269 e. The molecule has 0 aromatic heterocycles. The van der Waals surface area contributed by atoms with Gasteiger partial charge in [-0.15, -0.1) is 0 Å². The Morgan fingerprint density at radius 3 is 2.57 bits per heavy atom. The first kappa shape index (κ1) is 15.4. The molecule has 0 saturated carbocycles. The summed E-state index contributed by atoms with van der Waals surface area (Å²) in [6.07, 6.45) is 1.96. The van der Waals surface area contributed by atoms with Crippen LogP contribution in [0.15, 0.2) is 24.3 Å². The van der Waals surface area contributed by atoms with Gasteiger partial charge in [-0.3, -0.25) is 14.9 Å². The first-order valence-corrected chi connectivity index (χ1v) is 7.26. The molecule has 1 heterocycles. The summed E-state index contributed by atoms with van der Waals surface area (Å²) in [6, 6.07) is 6.10. The molecule has 21 heavy (non-hydrogen) atoms. The van der Waals surface area contributed by atoms with E-state index in [0.29, 0.717) is 12.8 Å². The Kier molecular flexibility index (Phi) is 4.57. The van der Waals surface area contributed by atoms with Crippen molar-refractivity contribution < 1.29 is 9.72 Å². The number of nitro benzene ring substituents is 1.